The molecule has 26 heavy (non-hydrogen) atoms. The molecule has 0 aliphatic heterocycles. The van der Waals surface area contributed by atoms with Crippen LogP contribution in [0.25, 0.3) is 0 Å². The molecule has 6 heteroatoms. The summed E-state index contributed by atoms with van der Waals surface area (Å²) in [6.07, 6.45) is 8.59. The molecule has 144 valence electrons. The highest BCUT2D eigenvalue weighted by Gasteiger charge is 2.24. The first-order valence-corrected chi connectivity index (χ1v) is 11.2. The molecule has 0 N–H and O–H groups in total. The highest BCUT2D eigenvalue weighted by molar-refractivity contribution is 7.88. The van der Waals surface area contributed by atoms with E-state index >= 15 is 0 Å². The maximum Gasteiger partial charge on any atom is 0.242 e. The molecule has 1 aliphatic rings. The van der Waals surface area contributed by atoms with Gasteiger partial charge in [0.2, 0.25) is 15.9 Å². The van der Waals surface area contributed by atoms with Gasteiger partial charge in [0.05, 0.1) is 12.8 Å². The first-order chi connectivity index (χ1) is 12.3. The Balaban J connectivity index is 2.08. The fraction of sp³-hybridized carbons (Fsp3) is 0.550. The minimum Gasteiger partial charge on any atom is -0.312 e. The summed E-state index contributed by atoms with van der Waals surface area (Å²) in [6, 6.07) is 7.71. The van der Waals surface area contributed by atoms with Gasteiger partial charge in [-0.15, -0.1) is 0 Å². The molecule has 5 nitrogen and oxygen atoms in total. The van der Waals surface area contributed by atoms with Crippen LogP contribution in [0.15, 0.2) is 35.9 Å². The van der Waals surface area contributed by atoms with Crippen LogP contribution in [0.1, 0.15) is 44.6 Å². The van der Waals surface area contributed by atoms with Crippen molar-refractivity contribution < 1.29 is 13.2 Å². The van der Waals surface area contributed by atoms with E-state index in [1.165, 1.54) is 29.0 Å². The number of benzene rings is 1. The second kappa shape index (κ2) is 9.33. The molecule has 1 aliphatic carbocycles. The number of rotatable bonds is 8. The number of carbonyl (C=O) groups is 1. The summed E-state index contributed by atoms with van der Waals surface area (Å²) in [5.41, 5.74) is 3.18. The molecule has 0 radical (unpaired) electrons. The van der Waals surface area contributed by atoms with E-state index in [2.05, 4.69) is 6.08 Å². The van der Waals surface area contributed by atoms with Gasteiger partial charge in [-0.25, -0.2) is 8.42 Å². The molecule has 0 fully saturated rings. The van der Waals surface area contributed by atoms with Gasteiger partial charge in [-0.05, 0) is 63.6 Å². The first kappa shape index (κ1) is 20.6. The summed E-state index contributed by atoms with van der Waals surface area (Å²) >= 11 is 0. The van der Waals surface area contributed by atoms with Crippen molar-refractivity contribution in [2.24, 2.45) is 0 Å². The van der Waals surface area contributed by atoms with Crippen LogP contribution < -0.4 is 4.90 Å². The number of hydrogen-bond acceptors (Lipinski definition) is 3. The molecule has 0 saturated heterocycles. The number of hydrogen-bond donors (Lipinski definition) is 0. The molecule has 0 atom stereocenters. The van der Waals surface area contributed by atoms with E-state index in [1.807, 2.05) is 38.1 Å². The Bertz CT molecular complexity index is 756. The highest BCUT2D eigenvalue weighted by atomic mass is 32.2. The van der Waals surface area contributed by atoms with Gasteiger partial charge in [0.15, 0.2) is 0 Å². The second-order valence-electron chi connectivity index (χ2n) is 6.93. The predicted molar refractivity (Wildman–Crippen MR) is 107 cm³/mol. The van der Waals surface area contributed by atoms with E-state index in [-0.39, 0.29) is 12.5 Å². The fourth-order valence-corrected chi connectivity index (χ4v) is 4.07. The monoisotopic (exact) mass is 378 g/mol. The van der Waals surface area contributed by atoms with E-state index in [4.69, 9.17) is 0 Å². The van der Waals surface area contributed by atoms with E-state index in [0.717, 1.165) is 24.1 Å². The topological polar surface area (TPSA) is 57.7 Å². The van der Waals surface area contributed by atoms with E-state index in [9.17, 15) is 13.2 Å². The molecule has 2 rings (SSSR count). The van der Waals surface area contributed by atoms with Crippen LogP contribution in [0, 0.1) is 6.92 Å². The first-order valence-electron chi connectivity index (χ1n) is 9.31. The summed E-state index contributed by atoms with van der Waals surface area (Å²) in [6.45, 7) is 4.63. The van der Waals surface area contributed by atoms with Crippen molar-refractivity contribution in [3.05, 3.63) is 41.5 Å². The quantitative estimate of drug-likeness (QED) is 0.651. The van der Waals surface area contributed by atoms with Crippen molar-refractivity contribution in [1.82, 2.24) is 4.31 Å². The lowest BCUT2D eigenvalue weighted by molar-refractivity contribution is -0.118. The van der Waals surface area contributed by atoms with Crippen LogP contribution in [0.3, 0.4) is 0 Å². The summed E-state index contributed by atoms with van der Waals surface area (Å²) in [5, 5.41) is 0. The van der Waals surface area contributed by atoms with Crippen molar-refractivity contribution in [3.63, 3.8) is 0 Å². The Kier molecular flexibility index (Phi) is 7.41. The van der Waals surface area contributed by atoms with Gasteiger partial charge in [0, 0.05) is 18.8 Å². The number of sulfonamides is 1. The van der Waals surface area contributed by atoms with Crippen molar-refractivity contribution in [2.75, 3.05) is 30.8 Å². The van der Waals surface area contributed by atoms with Gasteiger partial charge >= 0.3 is 0 Å². The Morgan fingerprint density at radius 3 is 2.58 bits per heavy atom. The lowest BCUT2D eigenvalue weighted by atomic mass is 9.97. The molecule has 1 amide bonds. The number of allylic oxidation sites excluding steroid dienone is 1. The standard InChI is InChI=1S/C20H30N2O3S/c1-4-22(19-12-8-9-17(2)15-19)20(23)16-21(26(3,24)25)14-13-18-10-6-5-7-11-18/h8-10,12,15H,4-7,11,13-14,16H2,1-3H3. The van der Waals surface area contributed by atoms with Crippen LogP contribution in [-0.2, 0) is 14.8 Å². The summed E-state index contributed by atoms with van der Waals surface area (Å²) in [5.74, 6) is -0.193. The van der Waals surface area contributed by atoms with Gasteiger partial charge in [-0.3, -0.25) is 4.79 Å². The van der Waals surface area contributed by atoms with Crippen LogP contribution in [0.5, 0.6) is 0 Å². The van der Waals surface area contributed by atoms with Crippen LogP contribution in [0.2, 0.25) is 0 Å². The number of nitrogens with zero attached hydrogens (tertiary/aromatic N) is 2. The zero-order valence-electron chi connectivity index (χ0n) is 16.1. The molecule has 0 heterocycles. The third-order valence-electron chi connectivity index (χ3n) is 4.78. The number of likely N-dealkylation sites (N-methyl/N-ethyl adjacent to an activating group) is 1. The lowest BCUT2D eigenvalue weighted by Crippen LogP contribution is -2.43. The van der Waals surface area contributed by atoms with E-state index in [0.29, 0.717) is 19.5 Å². The summed E-state index contributed by atoms with van der Waals surface area (Å²) in [4.78, 5) is 14.4. The Labute approximate surface area is 157 Å². The molecule has 0 bridgehead atoms. The fourth-order valence-electron chi connectivity index (χ4n) is 3.30. The third kappa shape index (κ3) is 5.95. The molecule has 0 spiro atoms. The Morgan fingerprint density at radius 1 is 1.23 bits per heavy atom. The van der Waals surface area contributed by atoms with Gasteiger partial charge < -0.3 is 4.90 Å². The number of anilines is 1. The lowest BCUT2D eigenvalue weighted by Gasteiger charge is -2.26. The Morgan fingerprint density at radius 2 is 2.00 bits per heavy atom. The van der Waals surface area contributed by atoms with E-state index < -0.39 is 10.0 Å². The maximum absolute atomic E-state index is 12.8. The van der Waals surface area contributed by atoms with Crippen LogP contribution in [-0.4, -0.2) is 44.5 Å². The minimum absolute atomic E-state index is 0.117. The van der Waals surface area contributed by atoms with Crippen molar-refractivity contribution in [1.29, 1.82) is 0 Å². The van der Waals surface area contributed by atoms with Crippen molar-refractivity contribution >= 4 is 21.6 Å². The number of aryl methyl sites for hydroxylation is 1. The normalized spacial score (nSPS) is 15.0. The molecule has 1 aromatic carbocycles. The molecule has 1 aromatic rings. The van der Waals surface area contributed by atoms with Crippen molar-refractivity contribution in [3.8, 4) is 0 Å². The largest absolute Gasteiger partial charge is 0.312 e. The maximum atomic E-state index is 12.8. The summed E-state index contributed by atoms with van der Waals surface area (Å²) < 4.78 is 25.7. The Hall–Kier alpha value is -1.66. The average Bonchev–Trinajstić information content (AvgIpc) is 2.59. The SMILES string of the molecule is CCN(C(=O)CN(CCC1=CCCCC1)S(C)(=O)=O)c1cccc(C)c1. The smallest absolute Gasteiger partial charge is 0.242 e. The van der Waals surface area contributed by atoms with Gasteiger partial charge in [-0.1, -0.05) is 23.8 Å². The second-order valence-corrected chi connectivity index (χ2v) is 8.91. The highest BCUT2D eigenvalue weighted by Crippen LogP contribution is 2.21. The predicted octanol–water partition coefficient (Wildman–Crippen LogP) is 3.50. The molecule has 0 aromatic heterocycles. The zero-order chi connectivity index (χ0) is 19.2. The van der Waals surface area contributed by atoms with E-state index in [1.54, 1.807) is 4.90 Å². The molecule has 0 saturated carbocycles. The molecule has 0 unspecified atom stereocenters. The number of carbonyl (C=O) groups excluding carboxylic acids is 1. The van der Waals surface area contributed by atoms with Gasteiger partial charge in [0.25, 0.3) is 0 Å². The molecular weight excluding hydrogens is 348 g/mol. The zero-order valence-corrected chi connectivity index (χ0v) is 16.9. The third-order valence-corrected chi connectivity index (χ3v) is 6.03. The molecular formula is C20H30N2O3S. The van der Waals surface area contributed by atoms with Crippen molar-refractivity contribution in [2.45, 2.75) is 46.0 Å². The van der Waals surface area contributed by atoms with Crippen LogP contribution >= 0.6 is 0 Å². The van der Waals surface area contributed by atoms with Gasteiger partial charge in [0.1, 0.15) is 0 Å². The average molecular weight is 379 g/mol. The number of amides is 1. The minimum atomic E-state index is -3.43. The van der Waals surface area contributed by atoms with Gasteiger partial charge in [-0.2, -0.15) is 4.31 Å². The van der Waals surface area contributed by atoms with Crippen LogP contribution in [0.4, 0.5) is 5.69 Å². The summed E-state index contributed by atoms with van der Waals surface area (Å²) in [7, 11) is -3.43.